The summed E-state index contributed by atoms with van der Waals surface area (Å²) in [6.07, 6.45) is 35.7. The molecule has 8 aromatic rings. The molecule has 0 saturated heterocycles. The molecule has 16 aliphatic carbocycles. The number of rotatable bonds is 13. The third-order valence-corrected chi connectivity index (χ3v) is 42.2. The van der Waals surface area contributed by atoms with Gasteiger partial charge >= 0.3 is 6.36 Å². The number of aromatic nitrogens is 12. The van der Waals surface area contributed by atoms with E-state index in [9.17, 15) is 57.2 Å². The highest BCUT2D eigenvalue weighted by Crippen LogP contribution is 2.71. The number of ketones is 4. The van der Waals surface area contributed by atoms with Crippen molar-refractivity contribution in [2.24, 2.45) is 164 Å². The number of alkyl halides is 3. The minimum atomic E-state index is -4.78. The van der Waals surface area contributed by atoms with E-state index in [-0.39, 0.29) is 86.8 Å². The van der Waals surface area contributed by atoms with Gasteiger partial charge in [-0.3, -0.25) is 19.2 Å². The number of ether oxygens (including phenoxy) is 1. The van der Waals surface area contributed by atoms with Gasteiger partial charge in [-0.15, -0.1) is 28.5 Å². The number of halogens is 4. The maximum atomic E-state index is 14.0. The summed E-state index contributed by atoms with van der Waals surface area (Å²) in [5.41, 5.74) is 5.83. The number of carbonyl (C=O) groups is 4. The van der Waals surface area contributed by atoms with Gasteiger partial charge in [-0.05, 0) is 460 Å². The summed E-state index contributed by atoms with van der Waals surface area (Å²) in [6, 6.07) is 20.8. The van der Waals surface area contributed by atoms with Crippen LogP contribution in [0.25, 0.3) is 44.1 Å². The van der Waals surface area contributed by atoms with E-state index in [0.29, 0.717) is 101 Å². The number of hydrogen-bond donors (Lipinski definition) is 4. The topological polar surface area (TPSA) is 281 Å². The fraction of sp³-hybridized carbons (Fsp3) is 0.748. The SMILES string of the molecule is C[C@@]1(O)CC[C@H]2[C@H](CC[C@@H]3[C@@H]2CC[C@]2(C)[C@@H](C(=O)Cn4nc5cccc(F)c5n4)CC[C@@H]32)C1.C[C@@]1(O)CC[C@H]2[C@H](CC[C@@H]3[C@@H]2CC[C@]2(C)[C@@H](C(=O)Cn4nnc5cc(OC(F)(F)F)ccc54)CC[C@@H]32)C1.Cc1cccc2c1nnn2CC(=O)[C@H]1CC[C@H]2[C@@H]3CC[C@@H]4C[C@](C)(O)CC[C@@H]4[C@H]3CC[C@]12C.Cc1cccc2nn(CC(=O)[C@H]3CC[C@H]4[C@@H]5CC[C@@H]6C[C@](C)(O)CC[C@@H]6[C@H]5CC[C@]34C)nc12. The van der Waals surface area contributed by atoms with E-state index in [4.69, 9.17) is 0 Å². The second-order valence-electron chi connectivity index (χ2n) is 49.9. The number of carbonyl (C=O) groups excluding carboxylic acids is 4. The second-order valence-corrected chi connectivity index (χ2v) is 49.9. The molecule has 4 N–H and O–H groups in total. The van der Waals surface area contributed by atoms with Crippen molar-refractivity contribution in [2.75, 3.05) is 0 Å². The van der Waals surface area contributed by atoms with E-state index >= 15 is 0 Å². The van der Waals surface area contributed by atoms with E-state index in [1.807, 2.05) is 82.6 Å². The van der Waals surface area contributed by atoms with Crippen LogP contribution in [0.15, 0.2) is 72.8 Å². The molecule has 16 aliphatic rings. The van der Waals surface area contributed by atoms with Crippen molar-refractivity contribution in [1.82, 2.24) is 60.0 Å². The molecule has 24 rings (SSSR count). The standard InChI is InChI=1S/C28H36F3N3O3.2C28H39N3O2.C27H36FN3O2/c1-26(36)11-9-18-16(14-26)3-5-20-19(18)10-12-27(2)21(20)6-7-22(27)25(35)15-34-24-8-4-17(37-28(29,30)31)13-23(24)32-33-34;1-17-5-4-6-24-26(17)29-30-31(24)16-25(32)23-10-9-22-21-8-7-18-15-27(2,33)13-11-19(18)20(21)12-14-28(22,23)3;1-17-5-4-6-24-26(17)30-31(29-24)16-25(32)23-10-9-22-21-8-7-18-15-27(2,33)13-11-19(18)20(21)12-14-28(22,23)3;1-26(33)12-10-17-16(14-26)6-7-19-18(17)11-13-27(2)20(19)8-9-21(27)24(32)15-31-29-23-5-3-4-22(28)25(23)30-31/h4,8,13,16,18-22,36H,3,5-7,9-12,14-15H2,1-2H3;2*4-6,18-23,33H,7-16H2,1-3H3;3-5,16-21,33H,6-15H2,1-2H3/t16-,18+,19-,20-,21+,22-,26-,27+;2*18-,19+,20-,21-,22+,23-,27-,28+;16-,17+,18-,19-,20+,21-,26-,27+/m1111/s1. The first-order chi connectivity index (χ1) is 64.7. The van der Waals surface area contributed by atoms with Gasteiger partial charge in [-0.1, -0.05) is 68.5 Å². The predicted octanol–water partition coefficient (Wildman–Crippen LogP) is 21.7. The molecule has 16 saturated carbocycles. The lowest BCUT2D eigenvalue weighted by molar-refractivity contribution is -0.274. The molecule has 16 fully saturated rings. The Kier molecular flexibility index (Phi) is 24.8. The van der Waals surface area contributed by atoms with Crippen molar-refractivity contribution >= 4 is 67.3 Å². The molecule has 4 heterocycles. The van der Waals surface area contributed by atoms with E-state index in [2.05, 4.69) is 73.5 Å². The van der Waals surface area contributed by atoms with Gasteiger partial charge in [-0.25, -0.2) is 13.8 Å². The maximum absolute atomic E-state index is 14.0. The molecule has 21 nitrogen and oxygen atoms in total. The average molecular weight is 1870 g/mol. The highest BCUT2D eigenvalue weighted by molar-refractivity contribution is 5.87. The molecule has 4 aromatic heterocycles. The van der Waals surface area contributed by atoms with Crippen molar-refractivity contribution in [1.29, 1.82) is 0 Å². The Labute approximate surface area is 799 Å². The average Bonchev–Trinajstić information content (AvgIpc) is 1.53. The minimum absolute atomic E-state index is 0.0185. The lowest BCUT2D eigenvalue weighted by Crippen LogP contribution is -2.51. The Morgan fingerprint density at radius 1 is 0.353 bits per heavy atom. The third kappa shape index (κ3) is 17.4. The van der Waals surface area contributed by atoms with Crippen LogP contribution in [0, 0.1) is 183 Å². The smallest absolute Gasteiger partial charge is 0.406 e. The Bertz CT molecular complexity index is 5630. The zero-order chi connectivity index (χ0) is 95.0. The van der Waals surface area contributed by atoms with Crippen molar-refractivity contribution in [3.8, 4) is 5.75 Å². The van der Waals surface area contributed by atoms with Crippen LogP contribution >= 0.6 is 0 Å². The maximum Gasteiger partial charge on any atom is 0.573 e. The molecular formula is C111H150F4N12O9. The summed E-state index contributed by atoms with van der Waals surface area (Å²) in [5, 5.41) is 77.1. The Morgan fingerprint density at radius 2 is 0.691 bits per heavy atom. The van der Waals surface area contributed by atoms with Gasteiger partial charge in [0.15, 0.2) is 29.0 Å². The summed E-state index contributed by atoms with van der Waals surface area (Å²) in [6.45, 7) is 22.6. The molecule has 736 valence electrons. The molecule has 0 amide bonds. The van der Waals surface area contributed by atoms with Gasteiger partial charge < -0.3 is 25.2 Å². The van der Waals surface area contributed by atoms with Crippen molar-refractivity contribution in [2.45, 2.75) is 355 Å². The molecule has 0 aliphatic heterocycles. The molecule has 136 heavy (non-hydrogen) atoms. The summed E-state index contributed by atoms with van der Waals surface area (Å²) in [7, 11) is 0. The first-order valence-corrected chi connectivity index (χ1v) is 53.4. The van der Waals surface area contributed by atoms with Gasteiger partial charge in [-0.2, -0.15) is 24.9 Å². The number of hydrogen-bond acceptors (Lipinski definition) is 17. The van der Waals surface area contributed by atoms with Crippen LogP contribution in [0.1, 0.15) is 298 Å². The van der Waals surface area contributed by atoms with Gasteiger partial charge in [0, 0.05) is 29.7 Å². The zero-order valence-electron chi connectivity index (χ0n) is 82.3. The molecular weight excluding hydrogens is 1720 g/mol. The molecule has 25 heteroatoms. The van der Waals surface area contributed by atoms with Crippen LogP contribution < -0.4 is 4.74 Å². The number of Topliss-reactive ketones (excluding diaryl/α,β-unsaturated/α-hetero) is 4. The van der Waals surface area contributed by atoms with Crippen LogP contribution in [-0.2, 0) is 45.4 Å². The highest BCUT2D eigenvalue weighted by atomic mass is 19.4. The first kappa shape index (κ1) is 94.7. The zero-order valence-corrected chi connectivity index (χ0v) is 82.3. The molecule has 4 aromatic carbocycles. The van der Waals surface area contributed by atoms with E-state index in [1.54, 1.807) is 16.9 Å². The normalized spacial score (nSPS) is 41.8. The third-order valence-electron chi connectivity index (χ3n) is 42.2. The Balaban J connectivity index is 0.000000109. The monoisotopic (exact) mass is 1870 g/mol. The van der Waals surface area contributed by atoms with Crippen LogP contribution in [0.4, 0.5) is 17.6 Å². The summed E-state index contributed by atoms with van der Waals surface area (Å²) >= 11 is 0. The molecule has 32 atom stereocenters. The predicted molar refractivity (Wildman–Crippen MR) is 511 cm³/mol. The summed E-state index contributed by atoms with van der Waals surface area (Å²) in [5.74, 6) is 15.0. The lowest BCUT2D eigenvalue weighted by atomic mass is 9.49. The van der Waals surface area contributed by atoms with Crippen molar-refractivity contribution < 1.29 is 61.9 Å². The summed E-state index contributed by atoms with van der Waals surface area (Å²) in [4.78, 5) is 57.4. The number of benzene rings is 4. The van der Waals surface area contributed by atoms with Gasteiger partial charge in [0.25, 0.3) is 0 Å². The Morgan fingerprint density at radius 3 is 1.07 bits per heavy atom. The van der Waals surface area contributed by atoms with Crippen LogP contribution in [0.3, 0.4) is 0 Å². The van der Waals surface area contributed by atoms with Crippen LogP contribution in [-0.4, -0.2) is 132 Å². The quantitative estimate of drug-likeness (QED) is 0.0781. The van der Waals surface area contributed by atoms with Gasteiger partial charge in [0.1, 0.15) is 65.0 Å². The Hall–Kier alpha value is -7.48. The van der Waals surface area contributed by atoms with Gasteiger partial charge in [0.05, 0.1) is 33.4 Å². The van der Waals surface area contributed by atoms with Gasteiger partial charge in [0.2, 0.25) is 0 Å². The lowest BCUT2D eigenvalue weighted by Gasteiger charge is -2.56. The minimum Gasteiger partial charge on any atom is -0.406 e. The first-order valence-electron chi connectivity index (χ1n) is 53.4. The fourth-order valence-corrected chi connectivity index (χ4v) is 36.2. The van der Waals surface area contributed by atoms with E-state index in [1.165, 1.54) is 156 Å². The highest BCUT2D eigenvalue weighted by Gasteiger charge is 2.65. The van der Waals surface area contributed by atoms with Crippen LogP contribution in [0.2, 0.25) is 0 Å². The van der Waals surface area contributed by atoms with E-state index in [0.717, 1.165) is 196 Å². The van der Waals surface area contributed by atoms with Crippen molar-refractivity contribution in [3.63, 3.8) is 0 Å². The second kappa shape index (κ2) is 35.6. The van der Waals surface area contributed by atoms with Crippen molar-refractivity contribution in [3.05, 3.63) is 89.7 Å². The summed E-state index contributed by atoms with van der Waals surface area (Å²) < 4.78 is 59.0. The number of aryl methyl sites for hydroxylation is 2. The number of fused-ring (bicyclic) bond motifs is 24. The number of aliphatic hydroxyl groups is 4. The fourth-order valence-electron chi connectivity index (χ4n) is 36.2. The number of nitrogens with zero attached hydrogens (tertiary/aromatic N) is 12. The molecule has 0 spiro atoms. The largest absolute Gasteiger partial charge is 0.573 e. The molecule has 0 radical (unpaired) electrons. The molecule has 0 bridgehead atoms. The molecule has 0 unspecified atom stereocenters. The van der Waals surface area contributed by atoms with E-state index < -0.39 is 34.6 Å². The van der Waals surface area contributed by atoms with Crippen LogP contribution in [0.5, 0.6) is 5.75 Å².